The Labute approximate surface area is 343 Å². The summed E-state index contributed by atoms with van der Waals surface area (Å²) >= 11 is 0. The predicted octanol–water partition coefficient (Wildman–Crippen LogP) is 11.7. The Hall–Kier alpha value is -6.44. The molecule has 0 atom stereocenters. The third-order valence-corrected chi connectivity index (χ3v) is 9.97. The van der Waals surface area contributed by atoms with Crippen LogP contribution in [0.2, 0.25) is 0 Å². The summed E-state index contributed by atoms with van der Waals surface area (Å²) in [5, 5.41) is 7.00. The van der Waals surface area contributed by atoms with E-state index in [9.17, 15) is 0 Å². The molecule has 0 spiro atoms. The first-order valence-corrected chi connectivity index (χ1v) is 18.3. The number of hydrogen-bond donors (Lipinski definition) is 1. The third kappa shape index (κ3) is 8.11. The Balaban J connectivity index is 0.00000107. The number of aliphatic hydroxyl groups excluding tert-OH is 1. The summed E-state index contributed by atoms with van der Waals surface area (Å²) in [7, 11) is 1.00. The van der Waals surface area contributed by atoms with Crippen LogP contribution in [0.5, 0.6) is 0 Å². The molecule has 5 heterocycles. The van der Waals surface area contributed by atoms with Crippen LogP contribution < -0.4 is 9.97 Å². The molecule has 8 bridgehead atoms. The van der Waals surface area contributed by atoms with Crippen molar-refractivity contribution in [3.05, 3.63) is 177 Å². The van der Waals surface area contributed by atoms with Crippen LogP contribution in [0.1, 0.15) is 45.0 Å². The minimum atomic E-state index is 0. The smallest absolute Gasteiger partial charge is 0.657 e. The molecule has 0 radical (unpaired) electrons. The molecule has 2 aliphatic heterocycles. The van der Waals surface area contributed by atoms with Gasteiger partial charge in [0.2, 0.25) is 0 Å². The van der Waals surface area contributed by atoms with Gasteiger partial charge < -0.3 is 25.6 Å². The van der Waals surface area contributed by atoms with Crippen LogP contribution in [0.3, 0.4) is 0 Å². The largest absolute Gasteiger partial charge is 3.00 e. The predicted molar refractivity (Wildman–Crippen MR) is 232 cm³/mol. The number of rotatable bonds is 4. The molecule has 8 heteroatoms. The molecule has 7 nitrogen and oxygen atoms in total. The van der Waals surface area contributed by atoms with Crippen molar-refractivity contribution in [2.75, 3.05) is 7.11 Å². The zero-order valence-electron chi connectivity index (χ0n) is 32.3. The standard InChI is InChI=1S/C48H36N4.CH4O.Mn.NO/c1-29-5-13-33(14-6-29)45-37-21-23-39(49-37)46(34-15-7-30(2)8-16-34)41-25-27-43(51-41)48(36-19-11-32(4)12-20-36)44-28-26-42(52-44)47(40-24-22-38(45)50-40)35-17-9-31(3)10-18-35;1-2;;1-2/h5-28H,1-4H3;2H,1H3;;/q-2;;+3;-1. The first-order valence-electron chi connectivity index (χ1n) is 18.3. The molecule has 9 rings (SSSR count). The molecule has 0 fully saturated rings. The number of aryl methyl sites for hydroxylation is 4. The van der Waals surface area contributed by atoms with Crippen LogP contribution in [0.4, 0.5) is 0 Å². The van der Waals surface area contributed by atoms with E-state index in [1.54, 1.807) is 0 Å². The second kappa shape index (κ2) is 17.6. The van der Waals surface area contributed by atoms with Crippen LogP contribution in [0.25, 0.3) is 96.5 Å². The number of aromatic nitrogens is 4. The van der Waals surface area contributed by atoms with Crippen molar-refractivity contribution in [2.24, 2.45) is 0 Å². The molecule has 57 heavy (non-hydrogen) atoms. The number of fused-ring (bicyclic) bond motifs is 8. The molecule has 1 N–H and O–H groups in total. The van der Waals surface area contributed by atoms with E-state index >= 15 is 0 Å². The molecule has 280 valence electrons. The van der Waals surface area contributed by atoms with E-state index < -0.39 is 0 Å². The normalized spacial score (nSPS) is 11.2. The van der Waals surface area contributed by atoms with E-state index in [0.717, 1.165) is 96.5 Å². The van der Waals surface area contributed by atoms with Gasteiger partial charge in [-0.25, -0.2) is 9.97 Å². The van der Waals surface area contributed by atoms with Crippen LogP contribution in [0, 0.1) is 32.6 Å². The first kappa shape index (κ1) is 40.2. The number of nitroso groups, excluding NO2 is 1. The molecule has 2 aliphatic rings. The fourth-order valence-electron chi connectivity index (χ4n) is 7.15. The van der Waals surface area contributed by atoms with E-state index in [-0.39, 0.29) is 17.1 Å². The second-order valence-electron chi connectivity index (χ2n) is 13.8. The zero-order valence-corrected chi connectivity index (χ0v) is 33.5. The van der Waals surface area contributed by atoms with E-state index in [0.29, 0.717) is 0 Å². The van der Waals surface area contributed by atoms with Gasteiger partial charge in [-0.05, 0) is 96.5 Å². The van der Waals surface area contributed by atoms with Crippen LogP contribution in [-0.4, -0.2) is 22.2 Å². The Morgan fingerprint density at radius 2 is 0.561 bits per heavy atom. The average molecular weight is 786 g/mol. The van der Waals surface area contributed by atoms with Crippen molar-refractivity contribution in [3.63, 3.8) is 0 Å². The van der Waals surface area contributed by atoms with Gasteiger partial charge in [-0.1, -0.05) is 144 Å². The summed E-state index contributed by atoms with van der Waals surface area (Å²) in [6, 6.07) is 43.0. The minimum Gasteiger partial charge on any atom is -0.657 e. The van der Waals surface area contributed by atoms with Crippen molar-refractivity contribution in [3.8, 4) is 44.5 Å². The van der Waals surface area contributed by atoms with Crippen molar-refractivity contribution >= 4 is 46.4 Å². The summed E-state index contributed by atoms with van der Waals surface area (Å²) in [6.45, 7) is 8.45. The topological polar surface area (TPSA) is 114 Å². The fraction of sp³-hybridized carbons (Fsp3) is 0.102. The van der Waals surface area contributed by atoms with Crippen molar-refractivity contribution < 1.29 is 22.2 Å². The van der Waals surface area contributed by atoms with Gasteiger partial charge in [-0.2, -0.15) is 0 Å². The Bertz CT molecular complexity index is 2390. The number of aliphatic hydroxyl groups is 1. The van der Waals surface area contributed by atoms with Crippen LogP contribution >= 0.6 is 0 Å². The monoisotopic (exact) mass is 785 g/mol. The quantitative estimate of drug-likeness (QED) is 0.178. The maximum Gasteiger partial charge on any atom is 3.00 e. The maximum absolute atomic E-state index is 7.25. The third-order valence-electron chi connectivity index (χ3n) is 9.97. The molecule has 0 aliphatic carbocycles. The van der Waals surface area contributed by atoms with Crippen molar-refractivity contribution in [2.45, 2.75) is 27.7 Å². The molecule has 0 saturated heterocycles. The van der Waals surface area contributed by atoms with Gasteiger partial charge in [0.15, 0.2) is 0 Å². The number of nitrogens with zero attached hydrogens (tertiary/aromatic N) is 5. The van der Waals surface area contributed by atoms with E-state index in [1.807, 2.05) is 0 Å². The summed E-state index contributed by atoms with van der Waals surface area (Å²) in [5.41, 5.74) is 25.7. The van der Waals surface area contributed by atoms with Gasteiger partial charge in [0, 0.05) is 7.11 Å². The molecule has 0 unspecified atom stereocenters. The molecule has 7 aromatic rings. The second-order valence-corrected chi connectivity index (χ2v) is 13.8. The molecule has 0 amide bonds. The first-order chi connectivity index (χ1) is 27.4. The Morgan fingerprint density at radius 1 is 0.368 bits per heavy atom. The van der Waals surface area contributed by atoms with Crippen LogP contribution in [0.15, 0.2) is 121 Å². The van der Waals surface area contributed by atoms with Gasteiger partial charge in [0.1, 0.15) is 0 Å². The van der Waals surface area contributed by atoms with E-state index in [1.165, 1.54) is 22.3 Å². The maximum atomic E-state index is 7.25. The molecule has 4 aromatic carbocycles. The van der Waals surface area contributed by atoms with E-state index in [4.69, 9.17) is 35.5 Å². The number of hydrogen-bond acceptors (Lipinski definition) is 4. The number of benzene rings is 4. The molecular weight excluding hydrogens is 746 g/mol. The van der Waals surface area contributed by atoms with Gasteiger partial charge in [0.05, 0.1) is 22.8 Å². The molecule has 0 saturated carbocycles. The van der Waals surface area contributed by atoms with Gasteiger partial charge in [0.25, 0.3) is 0 Å². The van der Waals surface area contributed by atoms with Gasteiger partial charge >= 0.3 is 17.1 Å². The average Bonchev–Trinajstić information content (AvgIpc) is 4.07. The Morgan fingerprint density at radius 3 is 0.754 bits per heavy atom. The van der Waals surface area contributed by atoms with Gasteiger partial charge in [-0.15, -0.1) is 22.1 Å². The Kier molecular flexibility index (Phi) is 12.4. The van der Waals surface area contributed by atoms with Crippen molar-refractivity contribution in [1.82, 2.24) is 19.9 Å². The van der Waals surface area contributed by atoms with Crippen LogP contribution in [-0.2, 0) is 17.1 Å². The SMILES string of the molecule is CO.Cc1ccc(-c2c3nc(c(-c4ccc(C)cc4)c4ccc([n-]4)c(-c4ccc(C)cc4)c4nc(c(-c5ccc(C)cc5)c5ccc2[n-]5)C=C4)C=C3)cc1.[Mn+3].[N-]=O. The van der Waals surface area contributed by atoms with E-state index in [2.05, 4.69) is 173 Å². The zero-order chi connectivity index (χ0) is 39.3. The minimum absolute atomic E-state index is 0. The summed E-state index contributed by atoms with van der Waals surface area (Å²) < 4.78 is 0. The summed E-state index contributed by atoms with van der Waals surface area (Å²) in [4.78, 5) is 28.7. The molecular formula is C49H40MnN5O2. The molecule has 3 aromatic heterocycles. The summed E-state index contributed by atoms with van der Waals surface area (Å²) in [5.74, 6) is 0. The van der Waals surface area contributed by atoms with Gasteiger partial charge in [-0.3, -0.25) is 0 Å². The fourth-order valence-corrected chi connectivity index (χ4v) is 7.15. The summed E-state index contributed by atoms with van der Waals surface area (Å²) in [6.07, 6.45) is 8.48. The van der Waals surface area contributed by atoms with Crippen molar-refractivity contribution in [1.29, 1.82) is 0 Å².